The minimum Gasteiger partial charge on any atom is -0.467 e. The summed E-state index contributed by atoms with van der Waals surface area (Å²) in [5.74, 6) is 1.94. The Labute approximate surface area is 87.3 Å². The predicted octanol–water partition coefficient (Wildman–Crippen LogP) is 1.82. The van der Waals surface area contributed by atoms with Gasteiger partial charge in [0.05, 0.1) is 24.7 Å². The third-order valence-electron chi connectivity index (χ3n) is 2.01. The molecule has 0 aliphatic rings. The summed E-state index contributed by atoms with van der Waals surface area (Å²) >= 11 is 0. The van der Waals surface area contributed by atoms with E-state index in [1.165, 1.54) is 6.20 Å². The third-order valence-corrected chi connectivity index (χ3v) is 2.01. The summed E-state index contributed by atoms with van der Waals surface area (Å²) in [6.07, 6.45) is 4.74. The fourth-order valence-corrected chi connectivity index (χ4v) is 1.24. The van der Waals surface area contributed by atoms with Crippen LogP contribution in [-0.2, 0) is 0 Å². The van der Waals surface area contributed by atoms with Crippen LogP contribution in [0.3, 0.4) is 0 Å². The lowest BCUT2D eigenvalue weighted by atomic mass is 10.2. The van der Waals surface area contributed by atoms with E-state index in [0.29, 0.717) is 11.6 Å². The highest BCUT2D eigenvalue weighted by atomic mass is 16.3. The lowest BCUT2D eigenvalue weighted by Gasteiger charge is -2.11. The van der Waals surface area contributed by atoms with Crippen LogP contribution < -0.4 is 11.1 Å². The van der Waals surface area contributed by atoms with E-state index in [9.17, 15) is 0 Å². The molecule has 5 nitrogen and oxygen atoms in total. The first-order chi connectivity index (χ1) is 7.25. The molecule has 3 N–H and O–H groups in total. The molecule has 2 aromatic rings. The molecule has 0 amide bonds. The summed E-state index contributed by atoms with van der Waals surface area (Å²) in [6.45, 7) is 1.98. The molecule has 0 aliphatic heterocycles. The standard InChI is InChI=1S/C10H12N4O/c1-7(8-3-2-4-15-8)14-10-6-12-9(11)5-13-10/h2-7H,1H3,(H2,11,12)(H,13,14). The van der Waals surface area contributed by atoms with Crippen LogP contribution in [0.5, 0.6) is 0 Å². The third kappa shape index (κ3) is 2.25. The molecule has 0 saturated carbocycles. The zero-order valence-corrected chi connectivity index (χ0v) is 8.34. The summed E-state index contributed by atoms with van der Waals surface area (Å²) in [7, 11) is 0. The molecule has 2 heterocycles. The topological polar surface area (TPSA) is 77.0 Å². The first-order valence-corrected chi connectivity index (χ1v) is 4.63. The highest BCUT2D eigenvalue weighted by Gasteiger charge is 2.08. The molecule has 0 radical (unpaired) electrons. The van der Waals surface area contributed by atoms with Crippen molar-refractivity contribution in [3.05, 3.63) is 36.5 Å². The largest absolute Gasteiger partial charge is 0.467 e. The zero-order valence-electron chi connectivity index (χ0n) is 8.34. The second-order valence-corrected chi connectivity index (χ2v) is 3.21. The molecule has 0 aromatic carbocycles. The summed E-state index contributed by atoms with van der Waals surface area (Å²) in [5.41, 5.74) is 5.43. The number of nitrogen functional groups attached to an aromatic ring is 1. The molecule has 0 bridgehead atoms. The van der Waals surface area contributed by atoms with Crippen LogP contribution in [0.1, 0.15) is 18.7 Å². The molecule has 15 heavy (non-hydrogen) atoms. The van der Waals surface area contributed by atoms with E-state index in [1.54, 1.807) is 12.5 Å². The van der Waals surface area contributed by atoms with Crippen molar-refractivity contribution in [1.29, 1.82) is 0 Å². The zero-order chi connectivity index (χ0) is 10.7. The highest BCUT2D eigenvalue weighted by molar-refractivity contribution is 5.37. The van der Waals surface area contributed by atoms with Gasteiger partial charge in [-0.05, 0) is 19.1 Å². The smallest absolute Gasteiger partial charge is 0.145 e. The Balaban J connectivity index is 2.06. The number of furan rings is 1. The Kier molecular flexibility index (Phi) is 2.53. The maximum Gasteiger partial charge on any atom is 0.145 e. The molecule has 2 aromatic heterocycles. The second kappa shape index (κ2) is 4.00. The maximum absolute atomic E-state index is 5.43. The summed E-state index contributed by atoms with van der Waals surface area (Å²) in [4.78, 5) is 8.02. The molecule has 5 heteroatoms. The van der Waals surface area contributed by atoms with E-state index < -0.39 is 0 Å². The Hall–Kier alpha value is -2.04. The van der Waals surface area contributed by atoms with Crippen LogP contribution in [0.15, 0.2) is 35.2 Å². The molecule has 1 atom stereocenters. The Bertz CT molecular complexity index is 409. The average molecular weight is 204 g/mol. The first-order valence-electron chi connectivity index (χ1n) is 4.63. The minimum atomic E-state index is 0.0536. The molecule has 78 valence electrons. The van der Waals surface area contributed by atoms with Crippen LogP contribution >= 0.6 is 0 Å². The molecule has 0 aliphatic carbocycles. The minimum absolute atomic E-state index is 0.0536. The molecule has 0 saturated heterocycles. The van der Waals surface area contributed by atoms with Crippen molar-refractivity contribution in [3.8, 4) is 0 Å². The lowest BCUT2D eigenvalue weighted by molar-refractivity contribution is 0.490. The number of nitrogens with zero attached hydrogens (tertiary/aromatic N) is 2. The summed E-state index contributed by atoms with van der Waals surface area (Å²) in [5, 5.41) is 3.15. The molecule has 0 spiro atoms. The number of rotatable bonds is 3. The fourth-order valence-electron chi connectivity index (χ4n) is 1.24. The van der Waals surface area contributed by atoms with Crippen LogP contribution in [0.4, 0.5) is 11.6 Å². The van der Waals surface area contributed by atoms with Gasteiger partial charge in [-0.1, -0.05) is 0 Å². The van der Waals surface area contributed by atoms with Gasteiger partial charge in [0.1, 0.15) is 17.4 Å². The van der Waals surface area contributed by atoms with Gasteiger partial charge >= 0.3 is 0 Å². The normalized spacial score (nSPS) is 12.3. The van der Waals surface area contributed by atoms with E-state index in [0.717, 1.165) is 5.76 Å². The summed E-state index contributed by atoms with van der Waals surface area (Å²) in [6, 6.07) is 3.81. The van der Waals surface area contributed by atoms with Gasteiger partial charge < -0.3 is 15.5 Å². The highest BCUT2D eigenvalue weighted by Crippen LogP contribution is 2.17. The van der Waals surface area contributed by atoms with Crippen LogP contribution in [-0.4, -0.2) is 9.97 Å². The fraction of sp³-hybridized carbons (Fsp3) is 0.200. The number of nitrogens with one attached hydrogen (secondary N) is 1. The second-order valence-electron chi connectivity index (χ2n) is 3.21. The van der Waals surface area contributed by atoms with Crippen molar-refractivity contribution in [2.45, 2.75) is 13.0 Å². The Morgan fingerprint density at radius 3 is 2.87 bits per heavy atom. The number of nitrogens with two attached hydrogens (primary N) is 1. The Morgan fingerprint density at radius 2 is 2.27 bits per heavy atom. The molecule has 0 fully saturated rings. The van der Waals surface area contributed by atoms with E-state index in [-0.39, 0.29) is 6.04 Å². The van der Waals surface area contributed by atoms with E-state index >= 15 is 0 Å². The number of anilines is 2. The van der Waals surface area contributed by atoms with E-state index in [1.807, 2.05) is 19.1 Å². The van der Waals surface area contributed by atoms with E-state index in [4.69, 9.17) is 10.2 Å². The van der Waals surface area contributed by atoms with Gasteiger partial charge in [0, 0.05) is 0 Å². The van der Waals surface area contributed by atoms with Gasteiger partial charge in [0.15, 0.2) is 0 Å². The molecule has 1 unspecified atom stereocenters. The van der Waals surface area contributed by atoms with Crippen molar-refractivity contribution < 1.29 is 4.42 Å². The van der Waals surface area contributed by atoms with Gasteiger partial charge in [-0.2, -0.15) is 0 Å². The summed E-state index contributed by atoms with van der Waals surface area (Å²) < 4.78 is 5.26. The lowest BCUT2D eigenvalue weighted by Crippen LogP contribution is -2.07. The monoisotopic (exact) mass is 204 g/mol. The van der Waals surface area contributed by atoms with Crippen LogP contribution in [0.2, 0.25) is 0 Å². The first kappa shape index (κ1) is 9.51. The van der Waals surface area contributed by atoms with Crippen molar-refractivity contribution in [1.82, 2.24) is 9.97 Å². The molecular formula is C10H12N4O. The maximum atomic E-state index is 5.43. The average Bonchev–Trinajstić information content (AvgIpc) is 2.74. The van der Waals surface area contributed by atoms with Crippen molar-refractivity contribution in [3.63, 3.8) is 0 Å². The van der Waals surface area contributed by atoms with Gasteiger partial charge in [0.2, 0.25) is 0 Å². The van der Waals surface area contributed by atoms with Crippen LogP contribution in [0.25, 0.3) is 0 Å². The number of hydrogen-bond acceptors (Lipinski definition) is 5. The van der Waals surface area contributed by atoms with Crippen molar-refractivity contribution in [2.75, 3.05) is 11.1 Å². The van der Waals surface area contributed by atoms with Crippen LogP contribution in [0, 0.1) is 0 Å². The van der Waals surface area contributed by atoms with Crippen molar-refractivity contribution >= 4 is 11.6 Å². The van der Waals surface area contributed by atoms with Crippen molar-refractivity contribution in [2.24, 2.45) is 0 Å². The Morgan fingerprint density at radius 1 is 1.40 bits per heavy atom. The quantitative estimate of drug-likeness (QED) is 0.797. The number of hydrogen-bond donors (Lipinski definition) is 2. The number of aromatic nitrogens is 2. The van der Waals surface area contributed by atoms with Gasteiger partial charge in [-0.3, -0.25) is 0 Å². The van der Waals surface area contributed by atoms with Gasteiger partial charge in [0.25, 0.3) is 0 Å². The predicted molar refractivity (Wildman–Crippen MR) is 57.2 cm³/mol. The molecular weight excluding hydrogens is 192 g/mol. The SMILES string of the molecule is CC(Nc1cnc(N)cn1)c1ccco1. The van der Waals surface area contributed by atoms with Gasteiger partial charge in [-0.15, -0.1) is 0 Å². The molecule has 2 rings (SSSR count). The van der Waals surface area contributed by atoms with Gasteiger partial charge in [-0.25, -0.2) is 9.97 Å². The van der Waals surface area contributed by atoms with E-state index in [2.05, 4.69) is 15.3 Å².